The molecule has 86 valence electrons. The summed E-state index contributed by atoms with van der Waals surface area (Å²) in [6.07, 6.45) is 1.29. The largest absolute Gasteiger partial charge is 0.370 e. The maximum atomic E-state index is 5.14. The number of hydrogen-bond donors (Lipinski definition) is 0. The fourth-order valence-corrected chi connectivity index (χ4v) is 2.35. The Bertz CT molecular complexity index is 414. The molecular weight excluding hydrogens is 216 g/mol. The molecule has 2 heterocycles. The molecule has 16 heavy (non-hydrogen) atoms. The van der Waals surface area contributed by atoms with Crippen LogP contribution in [0.15, 0.2) is 12.1 Å². The van der Waals surface area contributed by atoms with Gasteiger partial charge in [-0.1, -0.05) is 19.1 Å². The molecule has 0 radical (unpaired) electrons. The molecule has 0 amide bonds. The van der Waals surface area contributed by atoms with E-state index in [2.05, 4.69) is 29.8 Å². The number of rotatable bonds is 2. The summed E-state index contributed by atoms with van der Waals surface area (Å²) >= 11 is 5.14. The molecule has 1 atom stereocenters. The zero-order valence-electron chi connectivity index (χ0n) is 10.2. The monoisotopic (exact) mass is 234 g/mol. The predicted molar refractivity (Wildman–Crippen MR) is 72.3 cm³/mol. The highest BCUT2D eigenvalue weighted by molar-refractivity contribution is 7.80. The Morgan fingerprint density at radius 3 is 2.75 bits per heavy atom. The minimum absolute atomic E-state index is 0.798. The van der Waals surface area contributed by atoms with Crippen LogP contribution >= 0.6 is 12.2 Å². The van der Waals surface area contributed by atoms with Gasteiger partial charge in [0.1, 0.15) is 0 Å². The molecule has 1 fully saturated rings. The van der Waals surface area contributed by atoms with Crippen LogP contribution in [0.4, 0.5) is 5.69 Å². The maximum absolute atomic E-state index is 5.14. The second-order valence-corrected chi connectivity index (χ2v) is 5.31. The molecule has 0 bridgehead atoms. The number of pyridine rings is 1. The minimum Gasteiger partial charge on any atom is -0.370 e. The first-order chi connectivity index (χ1) is 7.58. The molecule has 1 aliphatic heterocycles. The van der Waals surface area contributed by atoms with Crippen molar-refractivity contribution in [2.75, 3.05) is 18.0 Å². The molecule has 2 rings (SSSR count). The molecule has 3 heteroatoms. The van der Waals surface area contributed by atoms with Crippen molar-refractivity contribution in [2.45, 2.75) is 27.2 Å². The van der Waals surface area contributed by atoms with Crippen LogP contribution in [-0.4, -0.2) is 22.9 Å². The van der Waals surface area contributed by atoms with Crippen LogP contribution in [0.2, 0.25) is 0 Å². The first-order valence-electron chi connectivity index (χ1n) is 5.81. The van der Waals surface area contributed by atoms with E-state index in [0.29, 0.717) is 0 Å². The van der Waals surface area contributed by atoms with E-state index in [1.165, 1.54) is 12.1 Å². The molecule has 0 spiro atoms. The molecular formula is C13H18N2S. The molecule has 1 aromatic heterocycles. The molecule has 1 unspecified atom stereocenters. The summed E-state index contributed by atoms with van der Waals surface area (Å²) in [5.41, 5.74) is 3.30. The lowest BCUT2D eigenvalue weighted by Gasteiger charge is -2.20. The number of aryl methyl sites for hydroxylation is 1. The van der Waals surface area contributed by atoms with Crippen molar-refractivity contribution in [2.24, 2.45) is 5.92 Å². The first-order valence-corrected chi connectivity index (χ1v) is 6.22. The van der Waals surface area contributed by atoms with Gasteiger partial charge >= 0.3 is 0 Å². The highest BCUT2D eigenvalue weighted by atomic mass is 32.1. The quantitative estimate of drug-likeness (QED) is 0.578. The summed E-state index contributed by atoms with van der Waals surface area (Å²) in [4.78, 5) is 7.85. The minimum atomic E-state index is 0.798. The SMILES string of the molecule is CC(=S)c1ccc(N2CCC(C)C2)c(C)n1. The fourth-order valence-electron chi connectivity index (χ4n) is 2.24. The van der Waals surface area contributed by atoms with Crippen LogP contribution in [0.25, 0.3) is 0 Å². The van der Waals surface area contributed by atoms with Gasteiger partial charge in [0.15, 0.2) is 0 Å². The zero-order chi connectivity index (χ0) is 11.7. The summed E-state index contributed by atoms with van der Waals surface area (Å²) in [5, 5.41) is 0. The second-order valence-electron chi connectivity index (χ2n) is 4.70. The summed E-state index contributed by atoms with van der Waals surface area (Å²) in [7, 11) is 0. The van der Waals surface area contributed by atoms with Crippen LogP contribution in [0.3, 0.4) is 0 Å². The van der Waals surface area contributed by atoms with Gasteiger partial charge in [-0.05, 0) is 38.3 Å². The number of nitrogens with zero attached hydrogens (tertiary/aromatic N) is 2. The topological polar surface area (TPSA) is 16.1 Å². The van der Waals surface area contributed by atoms with E-state index in [1.54, 1.807) is 0 Å². The lowest BCUT2D eigenvalue weighted by atomic mass is 10.2. The van der Waals surface area contributed by atoms with Crippen molar-refractivity contribution in [3.63, 3.8) is 0 Å². The Kier molecular flexibility index (Phi) is 3.24. The summed E-state index contributed by atoms with van der Waals surface area (Å²) in [6.45, 7) is 8.60. The summed E-state index contributed by atoms with van der Waals surface area (Å²) in [6, 6.07) is 4.19. The first kappa shape index (κ1) is 11.5. The number of aromatic nitrogens is 1. The van der Waals surface area contributed by atoms with Gasteiger partial charge in [-0.25, -0.2) is 0 Å². The lowest BCUT2D eigenvalue weighted by molar-refractivity contribution is 0.659. The van der Waals surface area contributed by atoms with Gasteiger partial charge in [0, 0.05) is 18.0 Å². The average Bonchev–Trinajstić information content (AvgIpc) is 2.64. The lowest BCUT2D eigenvalue weighted by Crippen LogP contribution is -2.20. The van der Waals surface area contributed by atoms with Crippen molar-refractivity contribution in [3.8, 4) is 0 Å². The third-order valence-corrected chi connectivity index (χ3v) is 3.39. The van der Waals surface area contributed by atoms with E-state index < -0.39 is 0 Å². The van der Waals surface area contributed by atoms with Crippen molar-refractivity contribution >= 4 is 22.8 Å². The van der Waals surface area contributed by atoms with Crippen molar-refractivity contribution < 1.29 is 0 Å². The Labute approximate surface area is 103 Å². The van der Waals surface area contributed by atoms with E-state index in [9.17, 15) is 0 Å². The maximum Gasteiger partial charge on any atom is 0.0770 e. The van der Waals surface area contributed by atoms with Gasteiger partial charge in [-0.3, -0.25) is 4.98 Å². The van der Waals surface area contributed by atoms with E-state index in [4.69, 9.17) is 12.2 Å². The van der Waals surface area contributed by atoms with Gasteiger partial charge in [0.05, 0.1) is 17.1 Å². The molecule has 1 aromatic rings. The molecule has 0 aliphatic carbocycles. The van der Waals surface area contributed by atoms with Crippen molar-refractivity contribution in [1.82, 2.24) is 4.98 Å². The van der Waals surface area contributed by atoms with Crippen LogP contribution in [0.5, 0.6) is 0 Å². The van der Waals surface area contributed by atoms with E-state index in [-0.39, 0.29) is 0 Å². The predicted octanol–water partition coefficient (Wildman–Crippen LogP) is 2.97. The highest BCUT2D eigenvalue weighted by Gasteiger charge is 2.20. The van der Waals surface area contributed by atoms with Crippen molar-refractivity contribution in [3.05, 3.63) is 23.5 Å². The Balaban J connectivity index is 2.26. The van der Waals surface area contributed by atoms with Gasteiger partial charge in [0.2, 0.25) is 0 Å². The zero-order valence-corrected chi connectivity index (χ0v) is 11.0. The van der Waals surface area contributed by atoms with E-state index >= 15 is 0 Å². The van der Waals surface area contributed by atoms with E-state index in [0.717, 1.165) is 35.3 Å². The second kappa shape index (κ2) is 4.50. The molecule has 2 nitrogen and oxygen atoms in total. The number of anilines is 1. The van der Waals surface area contributed by atoms with Crippen LogP contribution < -0.4 is 4.90 Å². The Morgan fingerprint density at radius 2 is 2.25 bits per heavy atom. The Hall–Kier alpha value is -0.960. The molecule has 0 N–H and O–H groups in total. The smallest absolute Gasteiger partial charge is 0.0770 e. The van der Waals surface area contributed by atoms with Crippen LogP contribution in [0.1, 0.15) is 31.7 Å². The third-order valence-electron chi connectivity index (χ3n) is 3.18. The molecule has 0 saturated carbocycles. The van der Waals surface area contributed by atoms with Gasteiger partial charge in [-0.2, -0.15) is 0 Å². The highest BCUT2D eigenvalue weighted by Crippen LogP contribution is 2.25. The normalized spacial score (nSPS) is 20.2. The standard InChI is InChI=1S/C13H18N2S/c1-9-6-7-15(8-9)13-5-4-12(11(3)16)14-10(13)2/h4-5,9H,6-8H2,1-3H3. The van der Waals surface area contributed by atoms with Gasteiger partial charge in [0.25, 0.3) is 0 Å². The Morgan fingerprint density at radius 1 is 1.50 bits per heavy atom. The van der Waals surface area contributed by atoms with Gasteiger partial charge < -0.3 is 4.90 Å². The summed E-state index contributed by atoms with van der Waals surface area (Å²) < 4.78 is 0. The van der Waals surface area contributed by atoms with Crippen molar-refractivity contribution in [1.29, 1.82) is 0 Å². The number of thiocarbonyl (C=S) groups is 1. The van der Waals surface area contributed by atoms with E-state index in [1.807, 2.05) is 13.0 Å². The third kappa shape index (κ3) is 2.24. The number of hydrogen-bond acceptors (Lipinski definition) is 3. The summed E-state index contributed by atoms with van der Waals surface area (Å²) in [5.74, 6) is 0.798. The van der Waals surface area contributed by atoms with Crippen LogP contribution in [-0.2, 0) is 0 Å². The fraction of sp³-hybridized carbons (Fsp3) is 0.538. The average molecular weight is 234 g/mol. The molecule has 0 aromatic carbocycles. The molecule has 1 saturated heterocycles. The molecule has 1 aliphatic rings. The van der Waals surface area contributed by atoms with Gasteiger partial charge in [-0.15, -0.1) is 0 Å². The van der Waals surface area contributed by atoms with Crippen LogP contribution in [0, 0.1) is 12.8 Å².